The maximum absolute atomic E-state index is 13.7. The summed E-state index contributed by atoms with van der Waals surface area (Å²) in [5.41, 5.74) is 1.51. The van der Waals surface area contributed by atoms with Crippen molar-refractivity contribution in [3.63, 3.8) is 0 Å². The lowest BCUT2D eigenvalue weighted by Crippen LogP contribution is -2.09. The lowest BCUT2D eigenvalue weighted by molar-refractivity contribution is 0.0656. The molecule has 24 heavy (non-hydrogen) atoms. The number of aromatic nitrogens is 2. The van der Waals surface area contributed by atoms with Crippen molar-refractivity contribution in [1.82, 2.24) is 9.97 Å². The third kappa shape index (κ3) is 3.86. The number of rotatable bonds is 7. The molecular weight excluding hydrogens is 305 g/mol. The number of hydrogen-bond donors (Lipinski definition) is 1. The van der Waals surface area contributed by atoms with Crippen molar-refractivity contribution in [3.8, 4) is 0 Å². The number of ether oxygens (including phenoxy) is 1. The molecule has 1 atom stereocenters. The van der Waals surface area contributed by atoms with Gasteiger partial charge in [0.1, 0.15) is 23.5 Å². The number of hydrogen-bond acceptors (Lipinski definition) is 4. The molecule has 2 aromatic carbocycles. The minimum absolute atomic E-state index is 0.0696. The van der Waals surface area contributed by atoms with Crippen LogP contribution in [0.4, 0.5) is 10.2 Å². The van der Waals surface area contributed by atoms with Crippen LogP contribution in [0.5, 0.6) is 0 Å². The molecular formula is C19H20FN3O. The highest BCUT2D eigenvalue weighted by molar-refractivity contribution is 5.89. The average molecular weight is 325 g/mol. The first kappa shape index (κ1) is 16.3. The second-order valence-corrected chi connectivity index (χ2v) is 5.56. The molecule has 0 fully saturated rings. The highest BCUT2D eigenvalue weighted by atomic mass is 19.1. The summed E-state index contributed by atoms with van der Waals surface area (Å²) in [6.45, 7) is 3.38. The molecule has 1 heterocycles. The zero-order valence-corrected chi connectivity index (χ0v) is 13.6. The molecule has 0 aliphatic carbocycles. The monoisotopic (exact) mass is 325 g/mol. The molecule has 3 aromatic rings. The maximum Gasteiger partial charge on any atom is 0.149 e. The van der Waals surface area contributed by atoms with Crippen LogP contribution in [0.2, 0.25) is 0 Å². The molecule has 0 bridgehead atoms. The molecule has 5 heteroatoms. The van der Waals surface area contributed by atoms with Crippen LogP contribution in [0.25, 0.3) is 10.9 Å². The molecule has 1 unspecified atom stereocenters. The Morgan fingerprint density at radius 2 is 1.92 bits per heavy atom. The van der Waals surface area contributed by atoms with E-state index in [1.807, 2.05) is 31.2 Å². The second kappa shape index (κ2) is 7.84. The third-order valence-electron chi connectivity index (χ3n) is 3.87. The summed E-state index contributed by atoms with van der Waals surface area (Å²) in [6, 6.07) is 15.0. The lowest BCUT2D eigenvalue weighted by Gasteiger charge is -2.14. The van der Waals surface area contributed by atoms with E-state index in [-0.39, 0.29) is 11.9 Å². The van der Waals surface area contributed by atoms with Crippen LogP contribution in [-0.2, 0) is 4.74 Å². The Bertz CT molecular complexity index is 795. The first-order chi connectivity index (χ1) is 11.8. The summed E-state index contributed by atoms with van der Waals surface area (Å²) in [5, 5.41) is 3.92. The Morgan fingerprint density at radius 1 is 1.08 bits per heavy atom. The van der Waals surface area contributed by atoms with Crippen LogP contribution >= 0.6 is 0 Å². The van der Waals surface area contributed by atoms with Gasteiger partial charge >= 0.3 is 0 Å². The van der Waals surface area contributed by atoms with E-state index in [0.29, 0.717) is 29.9 Å². The zero-order valence-electron chi connectivity index (χ0n) is 13.6. The second-order valence-electron chi connectivity index (χ2n) is 5.56. The number of fused-ring (bicyclic) bond motifs is 1. The maximum atomic E-state index is 13.7. The number of halogens is 1. The topological polar surface area (TPSA) is 47.0 Å². The van der Waals surface area contributed by atoms with Gasteiger partial charge < -0.3 is 10.1 Å². The van der Waals surface area contributed by atoms with Crippen LogP contribution in [0.1, 0.15) is 25.0 Å². The molecule has 1 N–H and O–H groups in total. The van der Waals surface area contributed by atoms with Crippen molar-refractivity contribution in [2.24, 2.45) is 0 Å². The molecule has 0 spiro atoms. The van der Waals surface area contributed by atoms with Gasteiger partial charge in [0, 0.05) is 18.5 Å². The Morgan fingerprint density at radius 3 is 2.75 bits per heavy atom. The van der Waals surface area contributed by atoms with Crippen molar-refractivity contribution in [1.29, 1.82) is 0 Å². The van der Waals surface area contributed by atoms with Gasteiger partial charge in [-0.25, -0.2) is 14.4 Å². The minimum atomic E-state index is -0.335. The summed E-state index contributed by atoms with van der Waals surface area (Å²) in [6.07, 6.45) is 2.28. The Labute approximate surface area is 140 Å². The fourth-order valence-electron chi connectivity index (χ4n) is 2.55. The van der Waals surface area contributed by atoms with Gasteiger partial charge in [-0.2, -0.15) is 0 Å². The molecule has 0 saturated heterocycles. The average Bonchev–Trinajstić information content (AvgIpc) is 2.62. The molecule has 124 valence electrons. The van der Waals surface area contributed by atoms with Crippen molar-refractivity contribution in [2.75, 3.05) is 18.5 Å². The largest absolute Gasteiger partial charge is 0.374 e. The summed E-state index contributed by atoms with van der Waals surface area (Å²) < 4.78 is 19.6. The summed E-state index contributed by atoms with van der Waals surface area (Å²) in [7, 11) is 0. The normalized spacial score (nSPS) is 12.2. The minimum Gasteiger partial charge on any atom is -0.374 e. The van der Waals surface area contributed by atoms with Gasteiger partial charge in [0.2, 0.25) is 0 Å². The number of nitrogens with zero attached hydrogens (tertiary/aromatic N) is 2. The highest BCUT2D eigenvalue weighted by Gasteiger charge is 2.07. The van der Waals surface area contributed by atoms with E-state index in [2.05, 4.69) is 27.4 Å². The van der Waals surface area contributed by atoms with E-state index in [4.69, 9.17) is 4.74 Å². The molecule has 3 rings (SSSR count). The van der Waals surface area contributed by atoms with Crippen LogP contribution < -0.4 is 5.32 Å². The van der Waals surface area contributed by atoms with Crippen molar-refractivity contribution in [2.45, 2.75) is 19.4 Å². The van der Waals surface area contributed by atoms with E-state index in [9.17, 15) is 4.39 Å². The highest BCUT2D eigenvalue weighted by Crippen LogP contribution is 2.21. The van der Waals surface area contributed by atoms with E-state index < -0.39 is 0 Å². The molecule has 0 aliphatic rings. The van der Waals surface area contributed by atoms with Crippen LogP contribution in [0.3, 0.4) is 0 Å². The van der Waals surface area contributed by atoms with Crippen LogP contribution in [-0.4, -0.2) is 23.1 Å². The first-order valence-corrected chi connectivity index (χ1v) is 8.05. The van der Waals surface area contributed by atoms with Gasteiger partial charge in [0.15, 0.2) is 0 Å². The molecule has 0 amide bonds. The Hall–Kier alpha value is -2.53. The fourth-order valence-corrected chi connectivity index (χ4v) is 2.55. The van der Waals surface area contributed by atoms with Crippen molar-refractivity contribution < 1.29 is 9.13 Å². The number of anilines is 1. The molecule has 0 saturated carbocycles. The fraction of sp³-hybridized carbons (Fsp3) is 0.263. The zero-order chi connectivity index (χ0) is 16.8. The summed E-state index contributed by atoms with van der Waals surface area (Å²) in [5.74, 6) is 0.313. The van der Waals surface area contributed by atoms with Crippen molar-refractivity contribution in [3.05, 3.63) is 66.2 Å². The summed E-state index contributed by atoms with van der Waals surface area (Å²) >= 11 is 0. The smallest absolute Gasteiger partial charge is 0.149 e. The van der Waals surface area contributed by atoms with E-state index in [1.54, 1.807) is 6.07 Å². The molecule has 0 radical (unpaired) electrons. The van der Waals surface area contributed by atoms with Gasteiger partial charge in [-0.3, -0.25) is 0 Å². The standard InChI is InChI=1S/C19H20FN3O/c1-14(15-7-3-2-4-8-15)24-12-6-11-21-19-16-9-5-10-17(20)18(16)22-13-23-19/h2-5,7-10,13-14H,6,11-12H2,1H3,(H,21,22,23). The van der Waals surface area contributed by atoms with Gasteiger partial charge in [0.05, 0.1) is 6.10 Å². The Balaban J connectivity index is 1.50. The van der Waals surface area contributed by atoms with Gasteiger partial charge in [-0.1, -0.05) is 36.4 Å². The lowest BCUT2D eigenvalue weighted by atomic mass is 10.1. The van der Waals surface area contributed by atoms with Crippen LogP contribution in [0.15, 0.2) is 54.9 Å². The Kier molecular flexibility index (Phi) is 5.33. The molecule has 4 nitrogen and oxygen atoms in total. The predicted molar refractivity (Wildman–Crippen MR) is 93.4 cm³/mol. The number of nitrogens with one attached hydrogen (secondary N) is 1. The van der Waals surface area contributed by atoms with E-state index in [1.165, 1.54) is 18.0 Å². The van der Waals surface area contributed by atoms with E-state index >= 15 is 0 Å². The van der Waals surface area contributed by atoms with E-state index in [0.717, 1.165) is 6.42 Å². The van der Waals surface area contributed by atoms with Gasteiger partial charge in [-0.05, 0) is 31.0 Å². The van der Waals surface area contributed by atoms with Gasteiger partial charge in [0.25, 0.3) is 0 Å². The predicted octanol–water partition coefficient (Wildman–Crippen LogP) is 4.35. The summed E-state index contributed by atoms with van der Waals surface area (Å²) in [4.78, 5) is 8.19. The molecule has 0 aliphatic heterocycles. The number of para-hydroxylation sites is 1. The first-order valence-electron chi connectivity index (χ1n) is 8.05. The van der Waals surface area contributed by atoms with Crippen molar-refractivity contribution >= 4 is 16.7 Å². The number of benzene rings is 2. The quantitative estimate of drug-likeness (QED) is 0.656. The van der Waals surface area contributed by atoms with Crippen LogP contribution in [0, 0.1) is 5.82 Å². The SMILES string of the molecule is CC(OCCCNc1ncnc2c(F)cccc12)c1ccccc1. The third-order valence-corrected chi connectivity index (χ3v) is 3.87. The molecule has 1 aromatic heterocycles. The van der Waals surface area contributed by atoms with Gasteiger partial charge in [-0.15, -0.1) is 0 Å².